The number of nitrogens with one attached hydrogen (secondary N) is 1. The van der Waals surface area contributed by atoms with Gasteiger partial charge in [0.05, 0.1) is 28.9 Å². The number of amides is 2. The van der Waals surface area contributed by atoms with E-state index in [4.69, 9.17) is 21.7 Å². The standard InChI is InChI=1S/C23H20BrF3N2O4S/c1-4-12(2)33-19-17(24)9-13(10-18(19)32-3)8-16-20(30)28-22(34)29(21(16)31)15-7-5-6-14(11-15)23(25,26)27/h5-12H,4H2,1-3H3,(H,28,30,34)/b16-8+/t12-/m0/s1. The smallest absolute Gasteiger partial charge is 0.416 e. The lowest BCUT2D eigenvalue weighted by atomic mass is 10.1. The molecule has 0 bridgehead atoms. The van der Waals surface area contributed by atoms with E-state index >= 15 is 0 Å². The molecule has 1 N–H and O–H groups in total. The quantitative estimate of drug-likeness (QED) is 0.289. The van der Waals surface area contributed by atoms with Gasteiger partial charge in [0.15, 0.2) is 16.6 Å². The third kappa shape index (κ3) is 5.41. The number of nitrogens with zero attached hydrogens (tertiary/aromatic N) is 1. The molecule has 1 heterocycles. The van der Waals surface area contributed by atoms with E-state index in [1.165, 1.54) is 19.3 Å². The van der Waals surface area contributed by atoms with Crippen molar-refractivity contribution in [3.05, 3.63) is 57.6 Å². The van der Waals surface area contributed by atoms with Crippen molar-refractivity contribution in [2.24, 2.45) is 0 Å². The van der Waals surface area contributed by atoms with Gasteiger partial charge in [-0.25, -0.2) is 0 Å². The minimum absolute atomic E-state index is 0.0814. The molecule has 2 amide bonds. The molecule has 0 spiro atoms. The molecule has 1 atom stereocenters. The summed E-state index contributed by atoms with van der Waals surface area (Å²) in [4.78, 5) is 26.6. The molecule has 6 nitrogen and oxygen atoms in total. The van der Waals surface area contributed by atoms with E-state index in [9.17, 15) is 22.8 Å². The van der Waals surface area contributed by atoms with Crippen LogP contribution >= 0.6 is 28.1 Å². The lowest BCUT2D eigenvalue weighted by Gasteiger charge is -2.29. The molecule has 3 rings (SSSR count). The summed E-state index contributed by atoms with van der Waals surface area (Å²) in [6.07, 6.45) is -2.62. The molecule has 1 aliphatic rings. The van der Waals surface area contributed by atoms with Gasteiger partial charge in [-0.3, -0.25) is 19.8 Å². The molecule has 1 fully saturated rings. The van der Waals surface area contributed by atoms with Crippen molar-refractivity contribution in [2.75, 3.05) is 12.0 Å². The fourth-order valence-corrected chi connectivity index (χ4v) is 3.94. The first kappa shape index (κ1) is 25.7. The second-order valence-corrected chi connectivity index (χ2v) is 8.62. The number of ether oxygens (including phenoxy) is 2. The summed E-state index contributed by atoms with van der Waals surface area (Å²) in [7, 11) is 1.45. The van der Waals surface area contributed by atoms with Crippen LogP contribution in [0.3, 0.4) is 0 Å². The molecule has 1 saturated heterocycles. The van der Waals surface area contributed by atoms with Gasteiger partial charge in [-0.05, 0) is 83.5 Å². The third-order valence-corrected chi connectivity index (χ3v) is 5.86. The minimum Gasteiger partial charge on any atom is -0.493 e. The molecule has 180 valence electrons. The summed E-state index contributed by atoms with van der Waals surface area (Å²) in [6.45, 7) is 3.87. The molecular formula is C23H20BrF3N2O4S. The first-order valence-electron chi connectivity index (χ1n) is 10.1. The topological polar surface area (TPSA) is 67.9 Å². The number of methoxy groups -OCH3 is 1. The maximum atomic E-state index is 13.2. The largest absolute Gasteiger partial charge is 0.493 e. The van der Waals surface area contributed by atoms with E-state index in [2.05, 4.69) is 21.2 Å². The Hall–Kier alpha value is -2.92. The van der Waals surface area contributed by atoms with Gasteiger partial charge in [-0.15, -0.1) is 0 Å². The van der Waals surface area contributed by atoms with E-state index < -0.39 is 23.6 Å². The van der Waals surface area contributed by atoms with Crippen LogP contribution in [0, 0.1) is 0 Å². The second-order valence-electron chi connectivity index (χ2n) is 7.38. The van der Waals surface area contributed by atoms with Gasteiger partial charge in [-0.2, -0.15) is 13.2 Å². The fourth-order valence-electron chi connectivity index (χ4n) is 3.10. The SMILES string of the molecule is CC[C@H](C)Oc1c(Br)cc(/C=C2\C(=O)NC(=S)N(c3cccc(C(F)(F)F)c3)C2=O)cc1OC. The predicted molar refractivity (Wildman–Crippen MR) is 129 cm³/mol. The average Bonchev–Trinajstić information content (AvgIpc) is 2.77. The summed E-state index contributed by atoms with van der Waals surface area (Å²) >= 11 is 8.49. The van der Waals surface area contributed by atoms with Crippen LogP contribution in [0.25, 0.3) is 6.08 Å². The highest BCUT2D eigenvalue weighted by atomic mass is 79.9. The highest BCUT2D eigenvalue weighted by Gasteiger charge is 2.36. The second kappa shape index (κ2) is 10.1. The molecule has 2 aromatic rings. The number of hydrogen-bond acceptors (Lipinski definition) is 5. The van der Waals surface area contributed by atoms with Crippen LogP contribution in [0.5, 0.6) is 11.5 Å². The summed E-state index contributed by atoms with van der Waals surface area (Å²) in [5.74, 6) is -0.794. The third-order valence-electron chi connectivity index (χ3n) is 4.99. The molecule has 1 aliphatic heterocycles. The van der Waals surface area contributed by atoms with Crippen LogP contribution in [0.2, 0.25) is 0 Å². The maximum absolute atomic E-state index is 13.2. The van der Waals surface area contributed by atoms with Crippen molar-refractivity contribution in [1.29, 1.82) is 0 Å². The van der Waals surface area contributed by atoms with Gasteiger partial charge >= 0.3 is 6.18 Å². The number of hydrogen-bond donors (Lipinski definition) is 1. The zero-order valence-corrected chi connectivity index (χ0v) is 20.7. The number of anilines is 1. The van der Waals surface area contributed by atoms with Crippen molar-refractivity contribution in [2.45, 2.75) is 32.5 Å². The molecule has 2 aromatic carbocycles. The lowest BCUT2D eigenvalue weighted by Crippen LogP contribution is -2.54. The van der Waals surface area contributed by atoms with E-state index in [1.54, 1.807) is 12.1 Å². The lowest BCUT2D eigenvalue weighted by molar-refractivity contribution is -0.137. The molecule has 0 saturated carbocycles. The number of benzene rings is 2. The van der Waals surface area contributed by atoms with E-state index in [0.29, 0.717) is 21.5 Å². The predicted octanol–water partition coefficient (Wildman–Crippen LogP) is 5.49. The first-order chi connectivity index (χ1) is 16.0. The molecule has 34 heavy (non-hydrogen) atoms. The summed E-state index contributed by atoms with van der Waals surface area (Å²) in [6, 6.07) is 7.34. The van der Waals surface area contributed by atoms with Crippen LogP contribution in [0.4, 0.5) is 18.9 Å². The normalized spacial score (nSPS) is 16.5. The Labute approximate surface area is 207 Å². The van der Waals surface area contributed by atoms with Crippen LogP contribution < -0.4 is 19.7 Å². The highest BCUT2D eigenvalue weighted by Crippen LogP contribution is 2.38. The highest BCUT2D eigenvalue weighted by molar-refractivity contribution is 9.10. The molecule has 11 heteroatoms. The van der Waals surface area contributed by atoms with Crippen molar-refractivity contribution < 1.29 is 32.2 Å². The Kier molecular flexibility index (Phi) is 7.67. The molecule has 0 aromatic heterocycles. The van der Waals surface area contributed by atoms with E-state index in [0.717, 1.165) is 29.5 Å². The Morgan fingerprint density at radius 3 is 2.56 bits per heavy atom. The number of rotatable bonds is 6. The van der Waals surface area contributed by atoms with Gasteiger partial charge in [0, 0.05) is 0 Å². The summed E-state index contributed by atoms with van der Waals surface area (Å²) < 4.78 is 51.3. The number of carbonyl (C=O) groups excluding carboxylic acids is 2. The Balaban J connectivity index is 2.02. The van der Waals surface area contributed by atoms with E-state index in [1.807, 2.05) is 13.8 Å². The Bertz CT molecular complexity index is 1180. The molecule has 0 radical (unpaired) electrons. The van der Waals surface area contributed by atoms with Gasteiger partial charge in [-0.1, -0.05) is 13.0 Å². The van der Waals surface area contributed by atoms with Crippen LogP contribution in [0.1, 0.15) is 31.4 Å². The summed E-state index contributed by atoms with van der Waals surface area (Å²) in [5, 5.41) is 2.04. The zero-order chi connectivity index (χ0) is 25.2. The van der Waals surface area contributed by atoms with Crippen LogP contribution in [-0.2, 0) is 15.8 Å². The van der Waals surface area contributed by atoms with Gasteiger partial charge in [0.25, 0.3) is 11.8 Å². The number of alkyl halides is 3. The van der Waals surface area contributed by atoms with Gasteiger partial charge in [0.1, 0.15) is 5.57 Å². The first-order valence-corrected chi connectivity index (χ1v) is 11.3. The molecule has 0 unspecified atom stereocenters. The monoisotopic (exact) mass is 556 g/mol. The molecular weight excluding hydrogens is 537 g/mol. The van der Waals surface area contributed by atoms with Crippen LogP contribution in [0.15, 0.2) is 46.4 Å². The van der Waals surface area contributed by atoms with Gasteiger partial charge in [0.2, 0.25) is 0 Å². The fraction of sp³-hybridized carbons (Fsp3) is 0.261. The van der Waals surface area contributed by atoms with Crippen molar-refractivity contribution in [3.63, 3.8) is 0 Å². The maximum Gasteiger partial charge on any atom is 0.416 e. The number of thiocarbonyl (C=S) groups is 1. The van der Waals surface area contributed by atoms with Crippen molar-refractivity contribution >= 4 is 56.8 Å². The van der Waals surface area contributed by atoms with Crippen molar-refractivity contribution in [3.8, 4) is 11.5 Å². The molecule has 0 aliphatic carbocycles. The summed E-state index contributed by atoms with van der Waals surface area (Å²) in [5.41, 5.74) is -0.952. The van der Waals surface area contributed by atoms with Crippen LogP contribution in [-0.4, -0.2) is 30.1 Å². The van der Waals surface area contributed by atoms with Crippen molar-refractivity contribution in [1.82, 2.24) is 5.32 Å². The number of halogens is 4. The van der Waals surface area contributed by atoms with Gasteiger partial charge < -0.3 is 9.47 Å². The van der Waals surface area contributed by atoms with E-state index in [-0.39, 0.29) is 22.5 Å². The minimum atomic E-state index is -4.61. The number of carbonyl (C=O) groups is 2. The Morgan fingerprint density at radius 1 is 1.24 bits per heavy atom. The zero-order valence-electron chi connectivity index (χ0n) is 18.3. The average molecular weight is 557 g/mol. The Morgan fingerprint density at radius 2 is 1.94 bits per heavy atom.